The predicted molar refractivity (Wildman–Crippen MR) is 51.1 cm³/mol. The van der Waals surface area contributed by atoms with Crippen LogP contribution in [0.4, 0.5) is 4.79 Å². The fourth-order valence-electron chi connectivity index (χ4n) is 0.929. The van der Waals surface area contributed by atoms with E-state index in [0.29, 0.717) is 6.54 Å². The maximum atomic E-state index is 11.3. The normalized spacial score (nSPS) is 11.6. The molecule has 0 aliphatic carbocycles. The van der Waals surface area contributed by atoms with E-state index in [0.717, 1.165) is 0 Å². The van der Waals surface area contributed by atoms with Gasteiger partial charge in [-0.1, -0.05) is 0 Å². The Morgan fingerprint density at radius 2 is 1.85 bits per heavy atom. The SMILES string of the molecule is CN(C)NC(=O)N(C)CC(C)(C)O. The molecule has 0 aromatic rings. The number of nitrogens with one attached hydrogen (secondary N) is 1. The molecule has 0 saturated carbocycles. The fraction of sp³-hybridized carbons (Fsp3) is 0.875. The van der Waals surface area contributed by atoms with Crippen LogP contribution in [-0.2, 0) is 0 Å². The Hall–Kier alpha value is -0.810. The third kappa shape index (κ3) is 6.36. The van der Waals surface area contributed by atoms with Gasteiger partial charge in [-0.15, -0.1) is 0 Å². The van der Waals surface area contributed by atoms with Gasteiger partial charge in [0.2, 0.25) is 0 Å². The van der Waals surface area contributed by atoms with Crippen molar-refractivity contribution < 1.29 is 9.90 Å². The van der Waals surface area contributed by atoms with Gasteiger partial charge in [0.25, 0.3) is 0 Å². The highest BCUT2D eigenvalue weighted by atomic mass is 16.3. The van der Waals surface area contributed by atoms with E-state index in [-0.39, 0.29) is 6.03 Å². The number of urea groups is 1. The van der Waals surface area contributed by atoms with Crippen LogP contribution in [-0.4, -0.2) is 54.3 Å². The summed E-state index contributed by atoms with van der Waals surface area (Å²) < 4.78 is 0. The molecule has 13 heavy (non-hydrogen) atoms. The monoisotopic (exact) mass is 189 g/mol. The summed E-state index contributed by atoms with van der Waals surface area (Å²) in [6.45, 7) is 3.62. The third-order valence-corrected chi connectivity index (χ3v) is 1.29. The second-order valence-corrected chi connectivity index (χ2v) is 3.98. The van der Waals surface area contributed by atoms with Crippen molar-refractivity contribution in [2.75, 3.05) is 27.7 Å². The van der Waals surface area contributed by atoms with Crippen molar-refractivity contribution in [3.05, 3.63) is 0 Å². The maximum absolute atomic E-state index is 11.3. The zero-order chi connectivity index (χ0) is 10.6. The van der Waals surface area contributed by atoms with E-state index in [1.807, 2.05) is 0 Å². The summed E-state index contributed by atoms with van der Waals surface area (Å²) in [4.78, 5) is 12.7. The van der Waals surface area contributed by atoms with Crippen LogP contribution in [0.25, 0.3) is 0 Å². The van der Waals surface area contributed by atoms with Crippen molar-refractivity contribution in [2.45, 2.75) is 19.4 Å². The molecule has 2 N–H and O–H groups in total. The number of carbonyl (C=O) groups excluding carboxylic acids is 1. The molecule has 0 aliphatic rings. The van der Waals surface area contributed by atoms with Crippen molar-refractivity contribution in [1.82, 2.24) is 15.3 Å². The van der Waals surface area contributed by atoms with Gasteiger partial charge in [0.1, 0.15) is 0 Å². The van der Waals surface area contributed by atoms with Gasteiger partial charge in [0.15, 0.2) is 0 Å². The van der Waals surface area contributed by atoms with E-state index >= 15 is 0 Å². The minimum absolute atomic E-state index is 0.230. The quantitative estimate of drug-likeness (QED) is 0.608. The van der Waals surface area contributed by atoms with Gasteiger partial charge < -0.3 is 10.0 Å². The summed E-state index contributed by atoms with van der Waals surface area (Å²) in [6, 6.07) is -0.230. The van der Waals surface area contributed by atoms with Gasteiger partial charge in [-0.25, -0.2) is 9.80 Å². The lowest BCUT2D eigenvalue weighted by Crippen LogP contribution is -2.48. The highest BCUT2D eigenvalue weighted by Crippen LogP contribution is 2.02. The van der Waals surface area contributed by atoms with Gasteiger partial charge in [0.05, 0.1) is 12.1 Å². The van der Waals surface area contributed by atoms with Crippen LogP contribution in [0.5, 0.6) is 0 Å². The Morgan fingerprint density at radius 3 is 2.15 bits per heavy atom. The summed E-state index contributed by atoms with van der Waals surface area (Å²) in [5.74, 6) is 0. The summed E-state index contributed by atoms with van der Waals surface area (Å²) in [7, 11) is 5.10. The van der Waals surface area contributed by atoms with Crippen LogP contribution in [0.2, 0.25) is 0 Å². The van der Waals surface area contributed by atoms with E-state index in [9.17, 15) is 9.90 Å². The first-order valence-corrected chi connectivity index (χ1v) is 4.14. The Bertz CT molecular complexity index is 175. The van der Waals surface area contributed by atoms with Gasteiger partial charge in [-0.2, -0.15) is 0 Å². The zero-order valence-corrected chi connectivity index (χ0v) is 8.96. The Labute approximate surface area is 79.3 Å². The van der Waals surface area contributed by atoms with Crippen LogP contribution in [0.1, 0.15) is 13.8 Å². The summed E-state index contributed by atoms with van der Waals surface area (Å²) in [6.07, 6.45) is 0. The molecule has 0 unspecified atom stereocenters. The third-order valence-electron chi connectivity index (χ3n) is 1.29. The number of hydrazine groups is 1. The molecule has 0 bridgehead atoms. The number of hydrogen-bond acceptors (Lipinski definition) is 3. The molecular weight excluding hydrogens is 170 g/mol. The molecule has 0 atom stereocenters. The first-order valence-electron chi connectivity index (χ1n) is 4.14. The Morgan fingerprint density at radius 1 is 1.38 bits per heavy atom. The maximum Gasteiger partial charge on any atom is 0.331 e. The molecule has 0 saturated heterocycles. The van der Waals surface area contributed by atoms with Crippen molar-refractivity contribution in [3.63, 3.8) is 0 Å². The van der Waals surface area contributed by atoms with Crippen LogP contribution >= 0.6 is 0 Å². The smallest absolute Gasteiger partial charge is 0.331 e. The number of aliphatic hydroxyl groups is 1. The molecule has 0 spiro atoms. The fourth-order valence-corrected chi connectivity index (χ4v) is 0.929. The van der Waals surface area contributed by atoms with Crippen LogP contribution < -0.4 is 5.43 Å². The average molecular weight is 189 g/mol. The van der Waals surface area contributed by atoms with Gasteiger partial charge in [-0.05, 0) is 13.8 Å². The van der Waals surface area contributed by atoms with Crippen LogP contribution in [0.15, 0.2) is 0 Å². The van der Waals surface area contributed by atoms with Gasteiger partial charge in [0, 0.05) is 21.1 Å². The number of rotatable bonds is 3. The van der Waals surface area contributed by atoms with E-state index in [2.05, 4.69) is 5.43 Å². The van der Waals surface area contributed by atoms with E-state index in [1.54, 1.807) is 40.0 Å². The number of hydrogen-bond donors (Lipinski definition) is 2. The minimum Gasteiger partial charge on any atom is -0.389 e. The molecule has 0 aliphatic heterocycles. The highest BCUT2D eigenvalue weighted by molar-refractivity contribution is 5.73. The molecule has 5 nitrogen and oxygen atoms in total. The van der Waals surface area contributed by atoms with Crippen molar-refractivity contribution in [3.8, 4) is 0 Å². The van der Waals surface area contributed by atoms with Crippen molar-refractivity contribution >= 4 is 6.03 Å². The molecule has 2 amide bonds. The lowest BCUT2D eigenvalue weighted by molar-refractivity contribution is 0.0506. The molecule has 0 aromatic carbocycles. The summed E-state index contributed by atoms with van der Waals surface area (Å²) >= 11 is 0. The second kappa shape index (κ2) is 4.43. The van der Waals surface area contributed by atoms with Crippen molar-refractivity contribution in [1.29, 1.82) is 0 Å². The molecule has 0 radical (unpaired) electrons. The molecule has 78 valence electrons. The molecular formula is C8H19N3O2. The van der Waals surface area contributed by atoms with E-state index in [1.165, 1.54) is 4.90 Å². The predicted octanol–water partition coefficient (Wildman–Crippen LogP) is -0.125. The van der Waals surface area contributed by atoms with E-state index in [4.69, 9.17) is 0 Å². The van der Waals surface area contributed by atoms with Crippen LogP contribution in [0, 0.1) is 0 Å². The number of amides is 2. The van der Waals surface area contributed by atoms with Gasteiger partial charge >= 0.3 is 6.03 Å². The second-order valence-electron chi connectivity index (χ2n) is 3.98. The first kappa shape index (κ1) is 12.2. The molecule has 0 fully saturated rings. The van der Waals surface area contributed by atoms with E-state index < -0.39 is 5.60 Å². The van der Waals surface area contributed by atoms with Crippen molar-refractivity contribution in [2.24, 2.45) is 0 Å². The topological polar surface area (TPSA) is 55.8 Å². The summed E-state index contributed by atoms with van der Waals surface area (Å²) in [5, 5.41) is 11.0. The Kier molecular flexibility index (Phi) is 4.16. The molecule has 0 rings (SSSR count). The average Bonchev–Trinajstić information content (AvgIpc) is 1.81. The number of carbonyl (C=O) groups is 1. The summed E-state index contributed by atoms with van der Waals surface area (Å²) in [5.41, 5.74) is 1.71. The molecule has 0 heterocycles. The van der Waals surface area contributed by atoms with Crippen LogP contribution in [0.3, 0.4) is 0 Å². The molecule has 0 aromatic heterocycles. The minimum atomic E-state index is -0.863. The van der Waals surface area contributed by atoms with Gasteiger partial charge in [-0.3, -0.25) is 5.43 Å². The molecule has 5 heteroatoms. The largest absolute Gasteiger partial charge is 0.389 e. The standard InChI is InChI=1S/C8H19N3O2/c1-8(2,13)6-11(5)7(12)9-10(3)4/h13H,6H2,1-5H3,(H,9,12). The highest BCUT2D eigenvalue weighted by Gasteiger charge is 2.19. The Balaban J connectivity index is 3.97. The lowest BCUT2D eigenvalue weighted by atomic mass is 10.1. The number of likely N-dealkylation sites (N-methyl/N-ethyl adjacent to an activating group) is 1. The number of nitrogens with zero attached hydrogens (tertiary/aromatic N) is 2. The zero-order valence-electron chi connectivity index (χ0n) is 8.96. The first-order chi connectivity index (χ1) is 5.72. The lowest BCUT2D eigenvalue weighted by Gasteiger charge is -2.26.